The van der Waals surface area contributed by atoms with Crippen LogP contribution in [0.2, 0.25) is 0 Å². The second kappa shape index (κ2) is 12.9. The second-order valence-corrected chi connectivity index (χ2v) is 11.6. The normalized spacial score (nSPS) is 18.2. The number of rotatable bonds is 9. The summed E-state index contributed by atoms with van der Waals surface area (Å²) in [6.45, 7) is 14.2. The van der Waals surface area contributed by atoms with Gasteiger partial charge in [0.2, 0.25) is 5.69 Å². The van der Waals surface area contributed by atoms with Crippen LogP contribution in [0.3, 0.4) is 0 Å². The number of carbonyl (C=O) groups is 1. The van der Waals surface area contributed by atoms with E-state index in [1.54, 1.807) is 0 Å². The molecular formula is C34H46N2OP+. The molecule has 2 heterocycles. The van der Waals surface area contributed by atoms with Gasteiger partial charge < -0.3 is 4.90 Å². The van der Waals surface area contributed by atoms with Crippen LogP contribution in [0.1, 0.15) is 78.4 Å². The van der Waals surface area contributed by atoms with Gasteiger partial charge in [0, 0.05) is 47.5 Å². The minimum atomic E-state index is -0.0509. The highest BCUT2D eigenvalue weighted by Crippen LogP contribution is 2.47. The largest absolute Gasteiger partial charge is 0.344 e. The van der Waals surface area contributed by atoms with Crippen molar-refractivity contribution >= 4 is 31.9 Å². The smallest absolute Gasteiger partial charge is 0.209 e. The van der Waals surface area contributed by atoms with E-state index in [2.05, 4.69) is 132 Å². The van der Waals surface area contributed by atoms with Crippen molar-refractivity contribution in [1.29, 1.82) is 0 Å². The lowest BCUT2D eigenvalue weighted by Crippen LogP contribution is -2.27. The summed E-state index contributed by atoms with van der Waals surface area (Å²) in [6, 6.07) is 17.4. The van der Waals surface area contributed by atoms with Crippen molar-refractivity contribution in [2.24, 2.45) is 0 Å². The van der Waals surface area contributed by atoms with E-state index < -0.39 is 0 Å². The number of fused-ring (bicyclic) bond motifs is 2. The number of nitrogens with zero attached hydrogens (tertiary/aromatic N) is 2. The summed E-state index contributed by atoms with van der Waals surface area (Å²) in [5.74, 6) is 0. The molecule has 0 N–H and O–H groups in total. The lowest BCUT2D eigenvalue weighted by Gasteiger charge is -2.27. The number of benzene rings is 2. The molecule has 4 heteroatoms. The Balaban J connectivity index is 0.00000195. The first kappa shape index (κ1) is 29.8. The molecule has 2 aliphatic heterocycles. The third-order valence-corrected chi connectivity index (χ3v) is 8.06. The van der Waals surface area contributed by atoms with Crippen LogP contribution in [-0.2, 0) is 15.6 Å². The molecule has 2 aliphatic rings. The second-order valence-electron chi connectivity index (χ2n) is 11.0. The topological polar surface area (TPSA) is 23.3 Å². The maximum atomic E-state index is 11.3. The van der Waals surface area contributed by atoms with E-state index >= 15 is 0 Å². The summed E-state index contributed by atoms with van der Waals surface area (Å²) < 4.78 is 2.31. The Morgan fingerprint density at radius 1 is 0.868 bits per heavy atom. The summed E-state index contributed by atoms with van der Waals surface area (Å²) in [6.07, 6.45) is 14.8. The molecule has 2 aromatic carbocycles. The Kier molecular flexibility index (Phi) is 10.1. The summed E-state index contributed by atoms with van der Waals surface area (Å²) in [5, 5.41) is 0. The number of hydrogen-bond acceptors (Lipinski definition) is 2. The van der Waals surface area contributed by atoms with Crippen LogP contribution >= 0.6 is 9.24 Å². The lowest BCUT2D eigenvalue weighted by atomic mass is 9.81. The third-order valence-electron chi connectivity index (χ3n) is 7.78. The summed E-state index contributed by atoms with van der Waals surface area (Å²) >= 11 is 0. The maximum absolute atomic E-state index is 11.3. The van der Waals surface area contributed by atoms with Gasteiger partial charge in [-0.1, -0.05) is 98.0 Å². The number of anilines is 1. The molecule has 0 bridgehead atoms. The van der Waals surface area contributed by atoms with Crippen LogP contribution in [0.15, 0.2) is 84.6 Å². The molecule has 0 fully saturated rings. The van der Waals surface area contributed by atoms with Crippen molar-refractivity contribution in [3.05, 3.63) is 95.7 Å². The van der Waals surface area contributed by atoms with E-state index in [0.29, 0.717) is 6.42 Å². The first-order valence-electron chi connectivity index (χ1n) is 14.1. The van der Waals surface area contributed by atoms with Gasteiger partial charge in [-0.05, 0) is 44.4 Å². The van der Waals surface area contributed by atoms with Crippen molar-refractivity contribution in [3.63, 3.8) is 0 Å². The molecular weight excluding hydrogens is 483 g/mol. The molecule has 0 radical (unpaired) electrons. The molecule has 202 valence electrons. The third kappa shape index (κ3) is 6.10. The predicted octanol–water partition coefficient (Wildman–Crippen LogP) is 8.48. The first-order chi connectivity index (χ1) is 18.2. The van der Waals surface area contributed by atoms with E-state index in [1.165, 1.54) is 33.9 Å². The molecule has 3 nitrogen and oxygen atoms in total. The highest BCUT2D eigenvalue weighted by atomic mass is 31.0. The zero-order valence-corrected chi connectivity index (χ0v) is 25.6. The van der Waals surface area contributed by atoms with Crippen molar-refractivity contribution in [2.45, 2.75) is 78.1 Å². The fourth-order valence-corrected chi connectivity index (χ4v) is 5.99. The number of allylic oxidation sites excluding steroid dienone is 6. The molecule has 4 rings (SSSR count). The summed E-state index contributed by atoms with van der Waals surface area (Å²) in [4.78, 5) is 13.7. The van der Waals surface area contributed by atoms with Gasteiger partial charge in [0.25, 0.3) is 0 Å². The molecule has 38 heavy (non-hydrogen) atoms. The monoisotopic (exact) mass is 529 g/mol. The van der Waals surface area contributed by atoms with Crippen LogP contribution in [0.4, 0.5) is 11.4 Å². The van der Waals surface area contributed by atoms with Crippen molar-refractivity contribution in [2.75, 3.05) is 18.5 Å². The van der Waals surface area contributed by atoms with E-state index in [4.69, 9.17) is 0 Å². The van der Waals surface area contributed by atoms with E-state index in [1.807, 2.05) is 13.8 Å². The summed E-state index contributed by atoms with van der Waals surface area (Å²) in [7, 11) is 4.45. The van der Waals surface area contributed by atoms with Gasteiger partial charge in [0.1, 0.15) is 12.6 Å². The molecule has 0 saturated carbocycles. The highest BCUT2D eigenvalue weighted by molar-refractivity contribution is 7.40. The Bertz CT molecular complexity index is 1260. The Hall–Kier alpha value is -2.77. The van der Waals surface area contributed by atoms with Crippen LogP contribution in [0.25, 0.3) is 0 Å². The Morgan fingerprint density at radius 2 is 1.53 bits per heavy atom. The van der Waals surface area contributed by atoms with Gasteiger partial charge >= 0.3 is 0 Å². The molecule has 0 spiro atoms. The highest BCUT2D eigenvalue weighted by Gasteiger charge is 2.42. The molecule has 2 aromatic rings. The molecule has 0 aromatic heterocycles. The zero-order chi connectivity index (χ0) is 27.9. The van der Waals surface area contributed by atoms with E-state index in [9.17, 15) is 4.79 Å². The Labute approximate surface area is 233 Å². The lowest BCUT2D eigenvalue weighted by molar-refractivity contribution is -0.401. The average Bonchev–Trinajstić information content (AvgIpc) is 3.23. The van der Waals surface area contributed by atoms with Gasteiger partial charge in [0.15, 0.2) is 5.71 Å². The van der Waals surface area contributed by atoms with Crippen molar-refractivity contribution in [3.8, 4) is 0 Å². The fraction of sp³-hybridized carbons (Fsp3) is 0.412. The van der Waals surface area contributed by atoms with Gasteiger partial charge in [-0.2, -0.15) is 4.58 Å². The molecule has 1 unspecified atom stereocenters. The number of hydrogen-bond donors (Lipinski definition) is 0. The Morgan fingerprint density at radius 3 is 2.21 bits per heavy atom. The van der Waals surface area contributed by atoms with Crippen molar-refractivity contribution in [1.82, 2.24) is 0 Å². The average molecular weight is 530 g/mol. The molecule has 0 aliphatic carbocycles. The van der Waals surface area contributed by atoms with E-state index in [-0.39, 0.29) is 16.4 Å². The standard InChI is InChI=1S/C32H40N2OP.C2H6/c1-31(2)24-16-11-13-18-26(24)33(5)28(31)20-8-6-9-21-29-32(3,4)25-17-12-14-19-27(25)34(29)23-15-7-10-22-30(35)36;1-2/h6,8-9,11-14,16-21H,7,10,15,22-23,36H2,1-5H3;1-2H3/q+1;. The minimum absolute atomic E-state index is 0.0128. The minimum Gasteiger partial charge on any atom is -0.344 e. The van der Waals surface area contributed by atoms with Crippen molar-refractivity contribution < 1.29 is 9.37 Å². The maximum Gasteiger partial charge on any atom is 0.209 e. The number of para-hydroxylation sites is 2. The van der Waals surface area contributed by atoms with Gasteiger partial charge in [0.05, 0.1) is 5.41 Å². The van der Waals surface area contributed by atoms with Crippen LogP contribution in [-0.4, -0.2) is 29.4 Å². The molecule has 0 amide bonds. The zero-order valence-electron chi connectivity index (χ0n) is 24.4. The van der Waals surface area contributed by atoms with E-state index in [0.717, 1.165) is 25.8 Å². The van der Waals surface area contributed by atoms with Crippen LogP contribution < -0.4 is 4.90 Å². The number of carbonyl (C=O) groups excluding carboxylic acids is 1. The van der Waals surface area contributed by atoms with Crippen LogP contribution in [0.5, 0.6) is 0 Å². The van der Waals surface area contributed by atoms with Gasteiger partial charge in [-0.25, -0.2) is 0 Å². The molecule has 1 atom stereocenters. The SMILES string of the molecule is CC.C[N+]1=C(/C=C/C=C/C=C2/N(CCCCCC(=O)P)c3ccccc3C2(C)C)C(C)(C)c2ccccc21. The van der Waals surface area contributed by atoms with Gasteiger partial charge in [-0.3, -0.25) is 4.79 Å². The van der Waals surface area contributed by atoms with Gasteiger partial charge in [-0.15, -0.1) is 0 Å². The molecule has 0 saturated heterocycles. The number of unbranched alkanes of at least 4 members (excludes halogenated alkanes) is 2. The quantitative estimate of drug-likeness (QED) is 0.141. The first-order valence-corrected chi connectivity index (χ1v) is 14.6. The summed E-state index contributed by atoms with van der Waals surface area (Å²) in [5.41, 5.74) is 8.12. The van der Waals surface area contributed by atoms with Crippen LogP contribution in [0, 0.1) is 0 Å². The fourth-order valence-electron chi connectivity index (χ4n) is 5.79. The predicted molar refractivity (Wildman–Crippen MR) is 168 cm³/mol.